The second-order valence-electron chi connectivity index (χ2n) is 5.78. The number of para-hydroxylation sites is 1. The van der Waals surface area contributed by atoms with Gasteiger partial charge in [-0.25, -0.2) is 14.8 Å². The first-order valence-electron chi connectivity index (χ1n) is 8.02. The van der Waals surface area contributed by atoms with Crippen LogP contribution in [0.4, 0.5) is 22.1 Å². The van der Waals surface area contributed by atoms with Crippen LogP contribution in [0.1, 0.15) is 17.0 Å². The number of carbonyl (C=O) groups is 1. The monoisotopic (exact) mass is 349 g/mol. The minimum Gasteiger partial charge on any atom is -0.384 e. The van der Waals surface area contributed by atoms with Gasteiger partial charge < -0.3 is 11.1 Å². The lowest BCUT2D eigenvalue weighted by Gasteiger charge is -2.22. The molecule has 0 atom stereocenters. The summed E-state index contributed by atoms with van der Waals surface area (Å²) in [6.07, 6.45) is 4.61. The normalized spacial score (nSPS) is 10.4. The highest BCUT2D eigenvalue weighted by Gasteiger charge is 2.19. The zero-order valence-corrected chi connectivity index (χ0v) is 14.5. The fourth-order valence-electron chi connectivity index (χ4n) is 2.32. The number of amides is 2. The average molecular weight is 349 g/mol. The maximum Gasteiger partial charge on any atom is 0.327 e. The van der Waals surface area contributed by atoms with Gasteiger partial charge in [-0.3, -0.25) is 14.9 Å². The molecule has 0 unspecified atom stereocenters. The highest BCUT2D eigenvalue weighted by molar-refractivity contribution is 6.01. The summed E-state index contributed by atoms with van der Waals surface area (Å²) in [5.74, 6) is 0.657. The predicted octanol–water partition coefficient (Wildman–Crippen LogP) is 2.70. The van der Waals surface area contributed by atoms with E-state index in [-0.39, 0.29) is 18.4 Å². The molecule has 8 heteroatoms. The van der Waals surface area contributed by atoms with Crippen molar-refractivity contribution >= 4 is 23.4 Å². The minimum atomic E-state index is -0.347. The number of hydrogen-bond donors (Lipinski definition) is 2. The maximum absolute atomic E-state index is 12.9. The SMILES string of the molecule is Cc1cnc(CN(C(=O)Nc2ccccc2C)c2cc(N)ncn2)cn1. The zero-order chi connectivity index (χ0) is 18.5. The first kappa shape index (κ1) is 17.3. The summed E-state index contributed by atoms with van der Waals surface area (Å²) >= 11 is 0. The van der Waals surface area contributed by atoms with E-state index in [0.717, 1.165) is 16.9 Å². The molecule has 0 fully saturated rings. The standard InChI is InChI=1S/C18H19N7O/c1-12-5-3-4-6-15(12)24-18(26)25(17-7-16(19)22-11-23-17)10-14-9-20-13(2)8-21-14/h3-9,11H,10H2,1-2H3,(H,24,26)(H2,19,22,23). The van der Waals surface area contributed by atoms with E-state index in [0.29, 0.717) is 11.5 Å². The molecular formula is C18H19N7O. The quantitative estimate of drug-likeness (QED) is 0.749. The molecule has 0 aliphatic rings. The molecule has 0 saturated carbocycles. The molecule has 0 spiro atoms. The van der Waals surface area contributed by atoms with Crippen molar-refractivity contribution in [3.8, 4) is 0 Å². The second-order valence-corrected chi connectivity index (χ2v) is 5.78. The number of benzene rings is 1. The van der Waals surface area contributed by atoms with Gasteiger partial charge in [-0.1, -0.05) is 18.2 Å². The van der Waals surface area contributed by atoms with Gasteiger partial charge in [0.2, 0.25) is 0 Å². The molecule has 3 aromatic rings. The van der Waals surface area contributed by atoms with Crippen molar-refractivity contribution in [2.45, 2.75) is 20.4 Å². The first-order chi connectivity index (χ1) is 12.5. The molecule has 0 aliphatic heterocycles. The van der Waals surface area contributed by atoms with Crippen LogP contribution in [0, 0.1) is 13.8 Å². The molecule has 132 valence electrons. The van der Waals surface area contributed by atoms with Crippen LogP contribution >= 0.6 is 0 Å². The van der Waals surface area contributed by atoms with Gasteiger partial charge in [0.15, 0.2) is 0 Å². The van der Waals surface area contributed by atoms with Gasteiger partial charge in [0, 0.05) is 18.0 Å². The molecule has 0 radical (unpaired) electrons. The number of nitrogens with two attached hydrogens (primary N) is 1. The first-order valence-corrected chi connectivity index (χ1v) is 8.02. The Labute approximate surface area is 151 Å². The zero-order valence-electron chi connectivity index (χ0n) is 14.5. The number of anilines is 3. The molecule has 0 saturated heterocycles. The average Bonchev–Trinajstić information content (AvgIpc) is 2.63. The van der Waals surface area contributed by atoms with Crippen LogP contribution in [0.25, 0.3) is 0 Å². The number of nitrogens with zero attached hydrogens (tertiary/aromatic N) is 5. The van der Waals surface area contributed by atoms with Crippen LogP contribution in [0.3, 0.4) is 0 Å². The van der Waals surface area contributed by atoms with Gasteiger partial charge in [-0.15, -0.1) is 0 Å². The third kappa shape index (κ3) is 4.10. The van der Waals surface area contributed by atoms with Crippen LogP contribution in [0.2, 0.25) is 0 Å². The smallest absolute Gasteiger partial charge is 0.327 e. The number of nitrogens with one attached hydrogen (secondary N) is 1. The van der Waals surface area contributed by atoms with Crippen molar-refractivity contribution in [1.29, 1.82) is 0 Å². The summed E-state index contributed by atoms with van der Waals surface area (Å²) in [5, 5.41) is 2.90. The summed E-state index contributed by atoms with van der Waals surface area (Å²) in [4.78, 5) is 30.9. The Kier molecular flexibility index (Phi) is 5.02. The van der Waals surface area contributed by atoms with Crippen LogP contribution in [-0.4, -0.2) is 26.0 Å². The summed E-state index contributed by atoms with van der Waals surface area (Å²) in [7, 11) is 0. The third-order valence-corrected chi connectivity index (χ3v) is 3.74. The van der Waals surface area contributed by atoms with Crippen molar-refractivity contribution in [1.82, 2.24) is 19.9 Å². The Bertz CT molecular complexity index is 911. The van der Waals surface area contributed by atoms with E-state index in [1.807, 2.05) is 38.1 Å². The van der Waals surface area contributed by atoms with Crippen molar-refractivity contribution in [2.75, 3.05) is 16.0 Å². The van der Waals surface area contributed by atoms with Gasteiger partial charge in [-0.2, -0.15) is 0 Å². The van der Waals surface area contributed by atoms with Crippen LogP contribution in [-0.2, 0) is 6.54 Å². The number of rotatable bonds is 4. The molecule has 3 rings (SSSR count). The Morgan fingerprint density at radius 3 is 2.62 bits per heavy atom. The molecule has 26 heavy (non-hydrogen) atoms. The van der Waals surface area contributed by atoms with Gasteiger partial charge in [0.1, 0.15) is 18.0 Å². The number of urea groups is 1. The third-order valence-electron chi connectivity index (χ3n) is 3.74. The van der Waals surface area contributed by atoms with E-state index >= 15 is 0 Å². The molecule has 3 N–H and O–H groups in total. The van der Waals surface area contributed by atoms with Crippen LogP contribution in [0.15, 0.2) is 49.1 Å². The summed E-state index contributed by atoms with van der Waals surface area (Å²) < 4.78 is 0. The van der Waals surface area contributed by atoms with Gasteiger partial charge >= 0.3 is 6.03 Å². The number of aromatic nitrogens is 4. The van der Waals surface area contributed by atoms with Crippen molar-refractivity contribution < 1.29 is 4.79 Å². The molecule has 0 aliphatic carbocycles. The number of aryl methyl sites for hydroxylation is 2. The molecule has 2 aromatic heterocycles. The lowest BCUT2D eigenvalue weighted by molar-refractivity contribution is 0.256. The van der Waals surface area contributed by atoms with E-state index in [1.54, 1.807) is 18.5 Å². The molecule has 2 amide bonds. The Balaban J connectivity index is 1.90. The maximum atomic E-state index is 12.9. The summed E-state index contributed by atoms with van der Waals surface area (Å²) in [6.45, 7) is 3.97. The number of hydrogen-bond acceptors (Lipinski definition) is 6. The van der Waals surface area contributed by atoms with Crippen molar-refractivity contribution in [2.24, 2.45) is 0 Å². The number of nitrogen functional groups attached to an aromatic ring is 1. The highest BCUT2D eigenvalue weighted by Crippen LogP contribution is 2.19. The Morgan fingerprint density at radius 2 is 1.92 bits per heavy atom. The molecular weight excluding hydrogens is 330 g/mol. The van der Waals surface area contributed by atoms with Gasteiger partial charge in [0.05, 0.1) is 24.1 Å². The van der Waals surface area contributed by atoms with E-state index < -0.39 is 0 Å². The molecule has 1 aromatic carbocycles. The van der Waals surface area contributed by atoms with E-state index in [2.05, 4.69) is 25.3 Å². The van der Waals surface area contributed by atoms with Crippen LogP contribution < -0.4 is 16.0 Å². The Morgan fingerprint density at radius 1 is 1.12 bits per heavy atom. The largest absolute Gasteiger partial charge is 0.384 e. The fraction of sp³-hybridized carbons (Fsp3) is 0.167. The fourth-order valence-corrected chi connectivity index (χ4v) is 2.32. The molecule has 8 nitrogen and oxygen atoms in total. The lowest BCUT2D eigenvalue weighted by Crippen LogP contribution is -2.35. The van der Waals surface area contributed by atoms with Crippen molar-refractivity contribution in [3.63, 3.8) is 0 Å². The minimum absolute atomic E-state index is 0.196. The predicted molar refractivity (Wildman–Crippen MR) is 99.6 cm³/mol. The van der Waals surface area contributed by atoms with Crippen molar-refractivity contribution in [3.05, 3.63) is 66.0 Å². The lowest BCUT2D eigenvalue weighted by atomic mass is 10.2. The topological polar surface area (TPSA) is 110 Å². The molecule has 0 bridgehead atoms. The Hall–Kier alpha value is -3.55. The van der Waals surface area contributed by atoms with Crippen LogP contribution in [0.5, 0.6) is 0 Å². The molecule has 2 heterocycles. The van der Waals surface area contributed by atoms with E-state index in [9.17, 15) is 4.79 Å². The summed E-state index contributed by atoms with van der Waals surface area (Å²) in [6, 6.07) is 8.73. The second kappa shape index (κ2) is 7.56. The van der Waals surface area contributed by atoms with E-state index in [4.69, 9.17) is 5.73 Å². The van der Waals surface area contributed by atoms with E-state index in [1.165, 1.54) is 11.2 Å². The highest BCUT2D eigenvalue weighted by atomic mass is 16.2. The number of carbonyl (C=O) groups excluding carboxylic acids is 1. The van der Waals surface area contributed by atoms with Gasteiger partial charge in [0.25, 0.3) is 0 Å². The summed E-state index contributed by atoms with van der Waals surface area (Å²) in [5.41, 5.74) is 8.86. The van der Waals surface area contributed by atoms with Gasteiger partial charge in [-0.05, 0) is 25.5 Å².